The second-order valence-electron chi connectivity index (χ2n) is 6.98. The van der Waals surface area contributed by atoms with Crippen molar-refractivity contribution < 1.29 is 9.63 Å². The van der Waals surface area contributed by atoms with Crippen LogP contribution in [0.15, 0.2) is 72.6 Å². The summed E-state index contributed by atoms with van der Waals surface area (Å²) in [6.45, 7) is 0.340. The highest BCUT2D eigenvalue weighted by Gasteiger charge is 2.14. The lowest BCUT2D eigenvalue weighted by Crippen LogP contribution is -2.12. The van der Waals surface area contributed by atoms with E-state index in [0.29, 0.717) is 35.1 Å². The second-order valence-corrected chi connectivity index (χ2v) is 7.97. The summed E-state index contributed by atoms with van der Waals surface area (Å²) < 4.78 is 1.71. The molecule has 4 heterocycles. The number of aromatic nitrogens is 5. The third-order valence-electron chi connectivity index (χ3n) is 4.78. The van der Waals surface area contributed by atoms with Crippen LogP contribution in [0.3, 0.4) is 0 Å². The third-order valence-corrected chi connectivity index (χ3v) is 5.69. The van der Waals surface area contributed by atoms with Crippen molar-refractivity contribution in [1.82, 2.24) is 24.6 Å². The number of anilines is 3. The number of rotatable bonds is 7. The normalized spacial score (nSPS) is 10.9. The quantitative estimate of drug-likeness (QED) is 0.315. The summed E-state index contributed by atoms with van der Waals surface area (Å²) in [7, 11) is 0. The standard InChI is InChI=1S/C22H18N8O2S/c23-32-11-17-8-15(12-33-17)18-10-25-20(21-26-13-27-30(18)21)28-16-6-7-19(24-9-16)29-22(31)14-4-2-1-3-5-14/h1-10,12-13H,11,23H2,(H,25,28)(H,24,29,31). The van der Waals surface area contributed by atoms with Gasteiger partial charge in [0, 0.05) is 21.4 Å². The number of nitrogens with two attached hydrogens (primary N) is 1. The molecule has 0 atom stereocenters. The molecule has 4 aromatic heterocycles. The van der Waals surface area contributed by atoms with Crippen molar-refractivity contribution in [1.29, 1.82) is 0 Å². The van der Waals surface area contributed by atoms with Crippen LogP contribution in [0, 0.1) is 0 Å². The molecule has 1 aromatic carbocycles. The minimum Gasteiger partial charge on any atom is -0.336 e. The number of nitrogens with one attached hydrogen (secondary N) is 2. The number of carbonyl (C=O) groups excluding carboxylic acids is 1. The summed E-state index contributed by atoms with van der Waals surface area (Å²) in [5, 5.41) is 12.3. The molecule has 0 aliphatic carbocycles. The van der Waals surface area contributed by atoms with Crippen LogP contribution >= 0.6 is 11.3 Å². The van der Waals surface area contributed by atoms with Gasteiger partial charge in [-0.3, -0.25) is 9.63 Å². The zero-order valence-electron chi connectivity index (χ0n) is 17.2. The highest BCUT2D eigenvalue weighted by Crippen LogP contribution is 2.28. The lowest BCUT2D eigenvalue weighted by molar-refractivity contribution is 0.102. The molecule has 1 amide bonds. The fourth-order valence-corrected chi connectivity index (χ4v) is 4.03. The van der Waals surface area contributed by atoms with E-state index < -0.39 is 0 Å². The van der Waals surface area contributed by atoms with Crippen LogP contribution in [0.4, 0.5) is 17.3 Å². The Morgan fingerprint density at radius 3 is 2.76 bits per heavy atom. The van der Waals surface area contributed by atoms with Gasteiger partial charge in [-0.15, -0.1) is 11.3 Å². The molecular weight excluding hydrogens is 440 g/mol. The number of amides is 1. The van der Waals surface area contributed by atoms with Crippen molar-refractivity contribution in [3.63, 3.8) is 0 Å². The number of carbonyl (C=O) groups is 1. The van der Waals surface area contributed by atoms with Gasteiger partial charge in [-0.2, -0.15) is 5.10 Å². The maximum atomic E-state index is 12.3. The van der Waals surface area contributed by atoms with Crippen molar-refractivity contribution in [3.8, 4) is 11.3 Å². The molecule has 11 heteroatoms. The van der Waals surface area contributed by atoms with Crippen LogP contribution in [0.2, 0.25) is 0 Å². The molecule has 0 spiro atoms. The zero-order chi connectivity index (χ0) is 22.6. The number of hydrogen-bond acceptors (Lipinski definition) is 9. The Morgan fingerprint density at radius 2 is 1.97 bits per heavy atom. The topological polar surface area (TPSA) is 132 Å². The molecule has 0 bridgehead atoms. The second kappa shape index (κ2) is 9.12. The van der Waals surface area contributed by atoms with Crippen LogP contribution in [0.5, 0.6) is 0 Å². The molecule has 0 aliphatic rings. The van der Waals surface area contributed by atoms with Gasteiger partial charge in [-0.25, -0.2) is 25.4 Å². The first kappa shape index (κ1) is 20.7. The Labute approximate surface area is 192 Å². The molecule has 0 saturated heterocycles. The lowest BCUT2D eigenvalue weighted by atomic mass is 10.2. The van der Waals surface area contributed by atoms with Gasteiger partial charge in [0.1, 0.15) is 18.8 Å². The average molecular weight is 459 g/mol. The predicted molar refractivity (Wildman–Crippen MR) is 125 cm³/mol. The minimum absolute atomic E-state index is 0.221. The Kier molecular flexibility index (Phi) is 5.72. The van der Waals surface area contributed by atoms with E-state index in [-0.39, 0.29) is 5.91 Å². The first-order valence-electron chi connectivity index (χ1n) is 9.89. The van der Waals surface area contributed by atoms with Gasteiger partial charge in [-0.05, 0) is 30.3 Å². The van der Waals surface area contributed by atoms with Crippen molar-refractivity contribution in [3.05, 3.63) is 83.1 Å². The van der Waals surface area contributed by atoms with E-state index in [4.69, 9.17) is 10.7 Å². The van der Waals surface area contributed by atoms with Crippen molar-refractivity contribution in [2.24, 2.45) is 5.90 Å². The fraction of sp³-hybridized carbons (Fsp3) is 0.0455. The van der Waals surface area contributed by atoms with E-state index in [1.165, 1.54) is 6.33 Å². The first-order valence-corrected chi connectivity index (χ1v) is 10.8. The van der Waals surface area contributed by atoms with Crippen LogP contribution in [-0.2, 0) is 11.4 Å². The number of fused-ring (bicyclic) bond motifs is 1. The van der Waals surface area contributed by atoms with Gasteiger partial charge < -0.3 is 10.6 Å². The summed E-state index contributed by atoms with van der Waals surface area (Å²) in [6, 6.07) is 14.5. The molecule has 33 heavy (non-hydrogen) atoms. The van der Waals surface area contributed by atoms with Crippen LogP contribution in [0.1, 0.15) is 15.2 Å². The molecule has 0 saturated carbocycles. The molecule has 0 fully saturated rings. The van der Waals surface area contributed by atoms with Crippen molar-refractivity contribution in [2.45, 2.75) is 6.61 Å². The van der Waals surface area contributed by atoms with E-state index in [0.717, 1.165) is 16.1 Å². The smallest absolute Gasteiger partial charge is 0.256 e. The molecule has 164 valence electrons. The monoisotopic (exact) mass is 458 g/mol. The van der Waals surface area contributed by atoms with E-state index in [1.807, 2.05) is 29.6 Å². The van der Waals surface area contributed by atoms with Gasteiger partial charge in [0.2, 0.25) is 0 Å². The SMILES string of the molecule is NOCc1cc(-c2cnc(Nc3ccc(NC(=O)c4ccccc4)nc3)c3ncnn23)cs1. The van der Waals surface area contributed by atoms with Gasteiger partial charge in [-0.1, -0.05) is 18.2 Å². The fourth-order valence-electron chi connectivity index (χ4n) is 3.23. The van der Waals surface area contributed by atoms with Crippen LogP contribution in [0.25, 0.3) is 16.9 Å². The van der Waals surface area contributed by atoms with Gasteiger partial charge in [0.05, 0.1) is 23.8 Å². The van der Waals surface area contributed by atoms with E-state index in [9.17, 15) is 4.79 Å². The van der Waals surface area contributed by atoms with Gasteiger partial charge in [0.25, 0.3) is 5.91 Å². The summed E-state index contributed by atoms with van der Waals surface area (Å²) in [6.07, 6.45) is 4.81. The molecule has 5 aromatic rings. The summed E-state index contributed by atoms with van der Waals surface area (Å²) in [5.74, 6) is 5.92. The van der Waals surface area contributed by atoms with Crippen LogP contribution < -0.4 is 16.5 Å². The summed E-state index contributed by atoms with van der Waals surface area (Å²) in [5.41, 5.74) is 3.56. The number of hydrogen-bond donors (Lipinski definition) is 3. The predicted octanol–water partition coefficient (Wildman–Crippen LogP) is 3.63. The number of pyridine rings is 1. The van der Waals surface area contributed by atoms with E-state index in [2.05, 4.69) is 30.7 Å². The highest BCUT2D eigenvalue weighted by atomic mass is 32.1. The Bertz CT molecular complexity index is 1400. The van der Waals surface area contributed by atoms with E-state index >= 15 is 0 Å². The Hall–Kier alpha value is -4.19. The largest absolute Gasteiger partial charge is 0.336 e. The van der Waals surface area contributed by atoms with Crippen molar-refractivity contribution in [2.75, 3.05) is 10.6 Å². The molecule has 0 unspecified atom stereocenters. The molecule has 0 aliphatic heterocycles. The average Bonchev–Trinajstić information content (AvgIpc) is 3.52. The molecule has 5 rings (SSSR count). The van der Waals surface area contributed by atoms with E-state index in [1.54, 1.807) is 52.5 Å². The van der Waals surface area contributed by atoms with Gasteiger partial charge >= 0.3 is 0 Å². The third kappa shape index (κ3) is 4.41. The van der Waals surface area contributed by atoms with Gasteiger partial charge in [0.15, 0.2) is 11.5 Å². The molecular formula is C22H18N8O2S. The molecule has 4 N–H and O–H groups in total. The molecule has 10 nitrogen and oxygen atoms in total. The Balaban J connectivity index is 1.34. The highest BCUT2D eigenvalue weighted by molar-refractivity contribution is 7.10. The van der Waals surface area contributed by atoms with Crippen molar-refractivity contribution >= 4 is 40.2 Å². The Morgan fingerprint density at radius 1 is 1.09 bits per heavy atom. The molecule has 0 radical (unpaired) electrons. The summed E-state index contributed by atoms with van der Waals surface area (Å²) >= 11 is 1.54. The maximum Gasteiger partial charge on any atom is 0.256 e. The number of thiophene rings is 1. The minimum atomic E-state index is -0.221. The number of nitrogens with zero attached hydrogens (tertiary/aromatic N) is 5. The number of benzene rings is 1. The first-order chi connectivity index (χ1) is 16.2. The maximum absolute atomic E-state index is 12.3. The summed E-state index contributed by atoms with van der Waals surface area (Å²) in [4.78, 5) is 31.2. The lowest BCUT2D eigenvalue weighted by Gasteiger charge is -2.09. The zero-order valence-corrected chi connectivity index (χ0v) is 18.0. The van der Waals surface area contributed by atoms with Crippen LogP contribution in [-0.4, -0.2) is 30.5 Å².